The largest absolute Gasteiger partial charge is 0.303 e. The SMILES string of the molecule is CC(CBr)CN(C)C1CCCCC1C. The molecule has 1 nitrogen and oxygen atoms in total. The van der Waals surface area contributed by atoms with Crippen LogP contribution < -0.4 is 0 Å². The van der Waals surface area contributed by atoms with Crippen molar-refractivity contribution in [1.29, 1.82) is 0 Å². The highest BCUT2D eigenvalue weighted by Gasteiger charge is 2.25. The molecular formula is C12H24BrN. The minimum absolute atomic E-state index is 0.772. The van der Waals surface area contributed by atoms with Gasteiger partial charge in [0, 0.05) is 17.9 Å². The summed E-state index contributed by atoms with van der Waals surface area (Å²) in [6.07, 6.45) is 5.71. The highest BCUT2D eigenvalue weighted by molar-refractivity contribution is 9.09. The van der Waals surface area contributed by atoms with E-state index < -0.39 is 0 Å². The second-order valence-corrected chi connectivity index (χ2v) is 5.68. The lowest BCUT2D eigenvalue weighted by Gasteiger charge is -2.37. The van der Waals surface area contributed by atoms with Crippen LogP contribution in [0.5, 0.6) is 0 Å². The van der Waals surface area contributed by atoms with Crippen molar-refractivity contribution in [3.05, 3.63) is 0 Å². The first-order valence-corrected chi connectivity index (χ1v) is 7.03. The van der Waals surface area contributed by atoms with Gasteiger partial charge in [0.15, 0.2) is 0 Å². The Morgan fingerprint density at radius 2 is 2.00 bits per heavy atom. The van der Waals surface area contributed by atoms with Crippen LogP contribution >= 0.6 is 15.9 Å². The maximum atomic E-state index is 3.56. The van der Waals surface area contributed by atoms with Crippen molar-refractivity contribution in [2.24, 2.45) is 11.8 Å². The third kappa shape index (κ3) is 3.54. The zero-order chi connectivity index (χ0) is 10.6. The first-order valence-electron chi connectivity index (χ1n) is 5.91. The molecule has 0 N–H and O–H groups in total. The van der Waals surface area contributed by atoms with Gasteiger partial charge in [0.2, 0.25) is 0 Å². The molecule has 0 aromatic heterocycles. The molecule has 2 heteroatoms. The molecule has 1 aliphatic rings. The number of halogens is 1. The zero-order valence-electron chi connectivity index (χ0n) is 9.80. The minimum atomic E-state index is 0.772. The molecule has 0 saturated heterocycles. The summed E-state index contributed by atoms with van der Waals surface area (Å²) in [6.45, 7) is 5.97. The van der Waals surface area contributed by atoms with Gasteiger partial charge in [-0.3, -0.25) is 0 Å². The molecule has 3 unspecified atom stereocenters. The van der Waals surface area contributed by atoms with Crippen molar-refractivity contribution in [3.8, 4) is 0 Å². The van der Waals surface area contributed by atoms with Gasteiger partial charge in [0.25, 0.3) is 0 Å². The molecule has 1 aliphatic carbocycles. The molecule has 0 aromatic carbocycles. The number of alkyl halides is 1. The van der Waals surface area contributed by atoms with Crippen LogP contribution in [0.1, 0.15) is 39.5 Å². The average Bonchev–Trinajstić information content (AvgIpc) is 2.18. The van der Waals surface area contributed by atoms with Crippen LogP contribution in [-0.2, 0) is 0 Å². The lowest BCUT2D eigenvalue weighted by Crippen LogP contribution is -2.41. The molecule has 0 bridgehead atoms. The van der Waals surface area contributed by atoms with Gasteiger partial charge in [-0.2, -0.15) is 0 Å². The first-order chi connectivity index (χ1) is 6.65. The van der Waals surface area contributed by atoms with Crippen LogP contribution in [-0.4, -0.2) is 29.9 Å². The predicted molar refractivity (Wildman–Crippen MR) is 67.0 cm³/mol. The Morgan fingerprint density at radius 1 is 1.36 bits per heavy atom. The fourth-order valence-corrected chi connectivity index (χ4v) is 2.83. The molecule has 0 aliphatic heterocycles. The first kappa shape index (κ1) is 12.5. The Bertz CT molecular complexity index is 160. The van der Waals surface area contributed by atoms with Gasteiger partial charge < -0.3 is 4.90 Å². The second-order valence-electron chi connectivity index (χ2n) is 5.03. The summed E-state index contributed by atoms with van der Waals surface area (Å²) in [5.74, 6) is 1.67. The maximum Gasteiger partial charge on any atom is 0.0118 e. The molecule has 1 fully saturated rings. The predicted octanol–water partition coefficient (Wildman–Crippen LogP) is 3.53. The average molecular weight is 262 g/mol. The molecule has 0 spiro atoms. The van der Waals surface area contributed by atoms with Gasteiger partial charge in [-0.05, 0) is 31.7 Å². The summed E-state index contributed by atoms with van der Waals surface area (Å²) in [4.78, 5) is 2.58. The molecule has 84 valence electrons. The fourth-order valence-electron chi connectivity index (χ4n) is 2.63. The van der Waals surface area contributed by atoms with E-state index >= 15 is 0 Å². The maximum absolute atomic E-state index is 3.56. The van der Waals surface area contributed by atoms with Crippen molar-refractivity contribution in [2.45, 2.75) is 45.6 Å². The topological polar surface area (TPSA) is 3.24 Å². The summed E-state index contributed by atoms with van der Waals surface area (Å²) < 4.78 is 0. The van der Waals surface area contributed by atoms with E-state index in [4.69, 9.17) is 0 Å². The number of hydrogen-bond donors (Lipinski definition) is 0. The summed E-state index contributed by atoms with van der Waals surface area (Å²) in [7, 11) is 2.30. The molecule has 0 aromatic rings. The van der Waals surface area contributed by atoms with Crippen LogP contribution in [0.2, 0.25) is 0 Å². The lowest BCUT2D eigenvalue weighted by atomic mass is 9.85. The summed E-state index contributed by atoms with van der Waals surface area (Å²) in [6, 6.07) is 0.838. The summed E-state index contributed by atoms with van der Waals surface area (Å²) in [5.41, 5.74) is 0. The molecule has 0 radical (unpaired) electrons. The van der Waals surface area contributed by atoms with Crippen molar-refractivity contribution >= 4 is 15.9 Å². The fraction of sp³-hybridized carbons (Fsp3) is 1.00. The molecule has 1 saturated carbocycles. The van der Waals surface area contributed by atoms with E-state index in [0.29, 0.717) is 0 Å². The van der Waals surface area contributed by atoms with Gasteiger partial charge in [-0.25, -0.2) is 0 Å². The molecule has 3 atom stereocenters. The smallest absolute Gasteiger partial charge is 0.0118 e. The Hall–Kier alpha value is 0.440. The molecule has 1 rings (SSSR count). The molecule has 0 amide bonds. The quantitative estimate of drug-likeness (QED) is 0.700. The highest BCUT2D eigenvalue weighted by Crippen LogP contribution is 2.27. The van der Waals surface area contributed by atoms with Crippen LogP contribution in [0.4, 0.5) is 0 Å². The standard InChI is InChI=1S/C12H24BrN/c1-10(8-13)9-14(3)12-7-5-4-6-11(12)2/h10-12H,4-9H2,1-3H3. The van der Waals surface area contributed by atoms with Crippen molar-refractivity contribution in [3.63, 3.8) is 0 Å². The monoisotopic (exact) mass is 261 g/mol. The van der Waals surface area contributed by atoms with E-state index in [1.165, 1.54) is 32.2 Å². The van der Waals surface area contributed by atoms with Gasteiger partial charge >= 0.3 is 0 Å². The van der Waals surface area contributed by atoms with Gasteiger partial charge in [0.05, 0.1) is 0 Å². The lowest BCUT2D eigenvalue weighted by molar-refractivity contribution is 0.128. The highest BCUT2D eigenvalue weighted by atomic mass is 79.9. The summed E-state index contributed by atoms with van der Waals surface area (Å²) >= 11 is 3.56. The van der Waals surface area contributed by atoms with E-state index in [-0.39, 0.29) is 0 Å². The molecular weight excluding hydrogens is 238 g/mol. The minimum Gasteiger partial charge on any atom is -0.303 e. The van der Waals surface area contributed by atoms with Crippen LogP contribution in [0.3, 0.4) is 0 Å². The van der Waals surface area contributed by atoms with Crippen LogP contribution in [0.25, 0.3) is 0 Å². The van der Waals surface area contributed by atoms with E-state index in [0.717, 1.165) is 23.2 Å². The van der Waals surface area contributed by atoms with Crippen LogP contribution in [0, 0.1) is 11.8 Å². The Balaban J connectivity index is 2.37. The number of nitrogens with zero attached hydrogens (tertiary/aromatic N) is 1. The second kappa shape index (κ2) is 6.12. The van der Waals surface area contributed by atoms with Crippen molar-refractivity contribution in [2.75, 3.05) is 18.9 Å². The molecule has 0 heterocycles. The Morgan fingerprint density at radius 3 is 2.57 bits per heavy atom. The Labute approximate surface area is 97.4 Å². The van der Waals surface area contributed by atoms with E-state index in [1.54, 1.807) is 0 Å². The Kier molecular flexibility index (Phi) is 5.47. The normalized spacial score (nSPS) is 30.6. The van der Waals surface area contributed by atoms with E-state index in [9.17, 15) is 0 Å². The third-order valence-corrected chi connectivity index (χ3v) is 4.60. The molecule has 14 heavy (non-hydrogen) atoms. The van der Waals surface area contributed by atoms with Crippen molar-refractivity contribution in [1.82, 2.24) is 4.90 Å². The van der Waals surface area contributed by atoms with E-state index in [2.05, 4.69) is 41.7 Å². The van der Waals surface area contributed by atoms with Gasteiger partial charge in [-0.1, -0.05) is 42.6 Å². The van der Waals surface area contributed by atoms with Gasteiger partial charge in [-0.15, -0.1) is 0 Å². The number of rotatable bonds is 4. The summed E-state index contributed by atoms with van der Waals surface area (Å²) in [5, 5.41) is 1.12. The number of hydrogen-bond acceptors (Lipinski definition) is 1. The van der Waals surface area contributed by atoms with Crippen molar-refractivity contribution < 1.29 is 0 Å². The van der Waals surface area contributed by atoms with Gasteiger partial charge in [0.1, 0.15) is 0 Å². The zero-order valence-corrected chi connectivity index (χ0v) is 11.4. The third-order valence-electron chi connectivity index (χ3n) is 3.50. The van der Waals surface area contributed by atoms with Crippen LogP contribution in [0.15, 0.2) is 0 Å². The van der Waals surface area contributed by atoms with E-state index in [1.807, 2.05) is 0 Å².